The van der Waals surface area contributed by atoms with E-state index >= 15 is 0 Å². The monoisotopic (exact) mass is 347 g/mol. The standard InChI is InChI=1S/C18H37NO5/c1-15(2)12-17(13-16(3)4)24-14-18(20)19-6-7-22-10-11-23-9-8-21-5/h15-17H,6-14H2,1-5H3,(H,19,20). The Labute approximate surface area is 147 Å². The van der Waals surface area contributed by atoms with E-state index in [1.165, 1.54) is 0 Å². The number of rotatable bonds is 16. The molecular weight excluding hydrogens is 310 g/mol. The molecule has 0 fully saturated rings. The molecule has 24 heavy (non-hydrogen) atoms. The van der Waals surface area contributed by atoms with Gasteiger partial charge in [0, 0.05) is 13.7 Å². The van der Waals surface area contributed by atoms with Crippen LogP contribution in [0.5, 0.6) is 0 Å². The lowest BCUT2D eigenvalue weighted by atomic mass is 9.98. The minimum Gasteiger partial charge on any atom is -0.382 e. The second-order valence-corrected chi connectivity index (χ2v) is 6.76. The zero-order valence-corrected chi connectivity index (χ0v) is 16.1. The number of amides is 1. The van der Waals surface area contributed by atoms with Crippen molar-refractivity contribution >= 4 is 5.91 Å². The summed E-state index contributed by atoms with van der Waals surface area (Å²) in [5.41, 5.74) is 0. The largest absolute Gasteiger partial charge is 0.382 e. The Kier molecular flexibility index (Phi) is 15.4. The number of nitrogens with one attached hydrogen (secondary N) is 1. The number of hydrogen-bond donors (Lipinski definition) is 1. The summed E-state index contributed by atoms with van der Waals surface area (Å²) in [7, 11) is 1.64. The molecule has 0 rings (SSSR count). The Hall–Kier alpha value is -0.690. The second kappa shape index (κ2) is 15.8. The van der Waals surface area contributed by atoms with Crippen molar-refractivity contribution in [2.24, 2.45) is 11.8 Å². The number of hydrogen-bond acceptors (Lipinski definition) is 5. The quantitative estimate of drug-likeness (QED) is 0.434. The lowest BCUT2D eigenvalue weighted by Crippen LogP contribution is -2.33. The van der Waals surface area contributed by atoms with Crippen LogP contribution < -0.4 is 5.32 Å². The highest BCUT2D eigenvalue weighted by atomic mass is 16.5. The van der Waals surface area contributed by atoms with Gasteiger partial charge in [0.05, 0.1) is 39.1 Å². The summed E-state index contributed by atoms with van der Waals surface area (Å²) in [5.74, 6) is 1.04. The van der Waals surface area contributed by atoms with E-state index in [0.29, 0.717) is 51.4 Å². The van der Waals surface area contributed by atoms with Crippen LogP contribution in [0.15, 0.2) is 0 Å². The molecule has 0 bridgehead atoms. The minimum atomic E-state index is -0.0903. The predicted molar refractivity (Wildman–Crippen MR) is 95.2 cm³/mol. The normalized spacial score (nSPS) is 11.7. The Bertz CT molecular complexity index is 287. The van der Waals surface area contributed by atoms with Crippen molar-refractivity contribution in [1.29, 1.82) is 0 Å². The fourth-order valence-corrected chi connectivity index (χ4v) is 2.26. The third-order valence-corrected chi connectivity index (χ3v) is 3.29. The zero-order chi connectivity index (χ0) is 18.2. The molecule has 144 valence electrons. The topological polar surface area (TPSA) is 66.0 Å². The van der Waals surface area contributed by atoms with Crippen molar-refractivity contribution in [2.75, 3.05) is 53.3 Å². The van der Waals surface area contributed by atoms with E-state index in [0.717, 1.165) is 12.8 Å². The van der Waals surface area contributed by atoms with Crippen molar-refractivity contribution in [3.63, 3.8) is 0 Å². The lowest BCUT2D eigenvalue weighted by Gasteiger charge is -2.21. The summed E-state index contributed by atoms with van der Waals surface area (Å²) >= 11 is 0. The van der Waals surface area contributed by atoms with Crippen molar-refractivity contribution in [1.82, 2.24) is 5.32 Å². The fraction of sp³-hybridized carbons (Fsp3) is 0.944. The van der Waals surface area contributed by atoms with Gasteiger partial charge in [0.25, 0.3) is 0 Å². The van der Waals surface area contributed by atoms with Crippen LogP contribution >= 0.6 is 0 Å². The molecule has 0 saturated heterocycles. The molecule has 0 heterocycles. The van der Waals surface area contributed by atoms with Crippen LogP contribution in [0, 0.1) is 11.8 Å². The molecule has 0 radical (unpaired) electrons. The van der Waals surface area contributed by atoms with Gasteiger partial charge in [0.1, 0.15) is 6.61 Å². The van der Waals surface area contributed by atoms with Crippen LogP contribution in [0.25, 0.3) is 0 Å². The van der Waals surface area contributed by atoms with E-state index in [-0.39, 0.29) is 18.6 Å². The molecule has 0 unspecified atom stereocenters. The zero-order valence-electron chi connectivity index (χ0n) is 16.1. The average Bonchev–Trinajstić information content (AvgIpc) is 2.50. The lowest BCUT2D eigenvalue weighted by molar-refractivity contribution is -0.128. The van der Waals surface area contributed by atoms with Crippen LogP contribution in [0.4, 0.5) is 0 Å². The maximum Gasteiger partial charge on any atom is 0.246 e. The van der Waals surface area contributed by atoms with Gasteiger partial charge in [0.15, 0.2) is 0 Å². The number of carbonyl (C=O) groups is 1. The van der Waals surface area contributed by atoms with Crippen LogP contribution in [0.2, 0.25) is 0 Å². The molecule has 1 amide bonds. The van der Waals surface area contributed by atoms with Crippen molar-refractivity contribution in [3.05, 3.63) is 0 Å². The summed E-state index contributed by atoms with van der Waals surface area (Å²) < 4.78 is 21.3. The smallest absolute Gasteiger partial charge is 0.246 e. The van der Waals surface area contributed by atoms with Gasteiger partial charge in [-0.05, 0) is 24.7 Å². The molecule has 0 aromatic heterocycles. The molecular formula is C18H37NO5. The maximum absolute atomic E-state index is 11.8. The number of ether oxygens (including phenoxy) is 4. The molecule has 0 atom stereocenters. The van der Waals surface area contributed by atoms with Gasteiger partial charge in [-0.3, -0.25) is 4.79 Å². The summed E-state index contributed by atoms with van der Waals surface area (Å²) in [6, 6.07) is 0. The van der Waals surface area contributed by atoms with Crippen LogP contribution in [0.1, 0.15) is 40.5 Å². The average molecular weight is 347 g/mol. The van der Waals surface area contributed by atoms with E-state index in [4.69, 9.17) is 18.9 Å². The molecule has 0 aromatic rings. The van der Waals surface area contributed by atoms with Gasteiger partial charge in [-0.1, -0.05) is 27.7 Å². The van der Waals surface area contributed by atoms with Gasteiger partial charge < -0.3 is 24.3 Å². The third kappa shape index (κ3) is 16.2. The van der Waals surface area contributed by atoms with E-state index in [1.807, 2.05) is 0 Å². The van der Waals surface area contributed by atoms with Gasteiger partial charge in [-0.2, -0.15) is 0 Å². The Balaban J connectivity index is 3.62. The summed E-state index contributed by atoms with van der Waals surface area (Å²) in [6.45, 7) is 12.0. The highest BCUT2D eigenvalue weighted by Crippen LogP contribution is 2.16. The van der Waals surface area contributed by atoms with Gasteiger partial charge >= 0.3 is 0 Å². The van der Waals surface area contributed by atoms with E-state index in [2.05, 4.69) is 33.0 Å². The minimum absolute atomic E-state index is 0.0903. The molecule has 0 aromatic carbocycles. The Morgan fingerprint density at radius 2 is 1.42 bits per heavy atom. The molecule has 1 N–H and O–H groups in total. The Morgan fingerprint density at radius 3 is 1.96 bits per heavy atom. The van der Waals surface area contributed by atoms with Crippen LogP contribution in [-0.2, 0) is 23.7 Å². The first-order valence-electron chi connectivity index (χ1n) is 8.98. The molecule has 6 heteroatoms. The van der Waals surface area contributed by atoms with Crippen molar-refractivity contribution in [3.8, 4) is 0 Å². The highest BCUT2D eigenvalue weighted by molar-refractivity contribution is 5.77. The molecule has 0 spiro atoms. The fourth-order valence-electron chi connectivity index (χ4n) is 2.26. The van der Waals surface area contributed by atoms with E-state index in [9.17, 15) is 4.79 Å². The first kappa shape index (κ1) is 23.3. The molecule has 0 aliphatic carbocycles. The highest BCUT2D eigenvalue weighted by Gasteiger charge is 2.15. The van der Waals surface area contributed by atoms with Crippen LogP contribution in [-0.4, -0.2) is 65.3 Å². The predicted octanol–water partition coefficient (Wildman–Crippen LogP) is 2.26. The summed E-state index contributed by atoms with van der Waals surface area (Å²) in [6.07, 6.45) is 2.12. The Morgan fingerprint density at radius 1 is 0.875 bits per heavy atom. The van der Waals surface area contributed by atoms with E-state index < -0.39 is 0 Å². The third-order valence-electron chi connectivity index (χ3n) is 3.29. The van der Waals surface area contributed by atoms with Gasteiger partial charge in [-0.25, -0.2) is 0 Å². The van der Waals surface area contributed by atoms with Gasteiger partial charge in [-0.15, -0.1) is 0 Å². The summed E-state index contributed by atoms with van der Waals surface area (Å²) in [4.78, 5) is 11.8. The molecule has 0 saturated carbocycles. The van der Waals surface area contributed by atoms with Crippen molar-refractivity contribution < 1.29 is 23.7 Å². The van der Waals surface area contributed by atoms with Crippen LogP contribution in [0.3, 0.4) is 0 Å². The summed E-state index contributed by atoms with van der Waals surface area (Å²) in [5, 5.41) is 2.81. The molecule has 0 aliphatic heterocycles. The SMILES string of the molecule is COCCOCCOCCNC(=O)COC(CC(C)C)CC(C)C. The van der Waals surface area contributed by atoms with E-state index in [1.54, 1.807) is 7.11 Å². The number of methoxy groups -OCH3 is 1. The first-order valence-corrected chi connectivity index (χ1v) is 8.98. The maximum atomic E-state index is 11.8. The second-order valence-electron chi connectivity index (χ2n) is 6.76. The first-order chi connectivity index (χ1) is 11.5. The molecule has 6 nitrogen and oxygen atoms in total. The molecule has 0 aliphatic rings. The van der Waals surface area contributed by atoms with Crippen molar-refractivity contribution in [2.45, 2.75) is 46.6 Å². The number of carbonyl (C=O) groups excluding carboxylic acids is 1. The van der Waals surface area contributed by atoms with Gasteiger partial charge in [0.2, 0.25) is 5.91 Å².